The minimum Gasteiger partial charge on any atom is -0.274 e. The topological polar surface area (TPSA) is 59.3 Å². The minimum atomic E-state index is -0.216. The predicted octanol–water partition coefficient (Wildman–Crippen LogP) is 3.77. The third-order valence-electron chi connectivity index (χ3n) is 3.31. The Morgan fingerprint density at radius 2 is 1.88 bits per heavy atom. The molecule has 3 aromatic rings. The first-order valence-electron chi connectivity index (χ1n) is 7.34. The van der Waals surface area contributed by atoms with Crippen LogP contribution in [0.3, 0.4) is 0 Å². The fourth-order valence-corrected chi connectivity index (χ4v) is 2.48. The Bertz CT molecular complexity index is 870. The van der Waals surface area contributed by atoms with Crippen molar-refractivity contribution in [3.8, 4) is 16.9 Å². The van der Waals surface area contributed by atoms with Crippen molar-refractivity contribution < 1.29 is 4.79 Å². The molecule has 0 aliphatic carbocycles. The summed E-state index contributed by atoms with van der Waals surface area (Å²) in [6, 6.07) is 17.7. The smallest absolute Gasteiger partial charge is 0.236 e. The Labute approximate surface area is 148 Å². The van der Waals surface area contributed by atoms with Gasteiger partial charge >= 0.3 is 0 Å². The van der Waals surface area contributed by atoms with E-state index in [0.717, 1.165) is 27.0 Å². The summed E-state index contributed by atoms with van der Waals surface area (Å²) in [6.07, 6.45) is 3.49. The molecule has 0 fully saturated rings. The molecule has 24 heavy (non-hydrogen) atoms. The van der Waals surface area contributed by atoms with Crippen molar-refractivity contribution in [3.05, 3.63) is 70.8 Å². The van der Waals surface area contributed by atoms with E-state index < -0.39 is 0 Å². The van der Waals surface area contributed by atoms with Gasteiger partial charge in [0.05, 0.1) is 11.9 Å². The van der Waals surface area contributed by atoms with E-state index in [1.807, 2.05) is 60.8 Å². The van der Waals surface area contributed by atoms with Crippen molar-refractivity contribution in [3.63, 3.8) is 0 Å². The summed E-state index contributed by atoms with van der Waals surface area (Å²) in [5, 5.41) is 8.64. The lowest BCUT2D eigenvalue weighted by Crippen LogP contribution is -2.12. The standard InChI is InChI=1S/C18H15BrN4O/c1-13(24)21-20-11-15-12-23(17-5-3-2-4-6-17)22-18(15)14-7-9-16(19)10-8-14/h2-12H,1H3,(H,21,24)/b20-11-. The summed E-state index contributed by atoms with van der Waals surface area (Å²) in [6.45, 7) is 1.42. The zero-order chi connectivity index (χ0) is 16.9. The Morgan fingerprint density at radius 3 is 2.54 bits per heavy atom. The van der Waals surface area contributed by atoms with Crippen molar-refractivity contribution in [1.82, 2.24) is 15.2 Å². The van der Waals surface area contributed by atoms with Crippen LogP contribution in [0.5, 0.6) is 0 Å². The van der Waals surface area contributed by atoms with Gasteiger partial charge in [-0.05, 0) is 24.3 Å². The molecule has 0 aliphatic heterocycles. The van der Waals surface area contributed by atoms with Crippen molar-refractivity contribution in [1.29, 1.82) is 0 Å². The number of hydrazone groups is 1. The Balaban J connectivity index is 2.04. The Hall–Kier alpha value is -2.73. The van der Waals surface area contributed by atoms with Crippen LogP contribution in [-0.2, 0) is 4.79 Å². The summed E-state index contributed by atoms with van der Waals surface area (Å²) in [7, 11) is 0. The first kappa shape index (κ1) is 16.1. The number of nitrogens with one attached hydrogen (secondary N) is 1. The van der Waals surface area contributed by atoms with E-state index in [0.29, 0.717) is 0 Å². The van der Waals surface area contributed by atoms with Crippen LogP contribution in [0, 0.1) is 0 Å². The summed E-state index contributed by atoms with van der Waals surface area (Å²) >= 11 is 3.44. The van der Waals surface area contributed by atoms with E-state index in [2.05, 4.69) is 31.6 Å². The number of amides is 1. The number of halogens is 1. The van der Waals surface area contributed by atoms with Gasteiger partial charge in [0.25, 0.3) is 0 Å². The maximum Gasteiger partial charge on any atom is 0.236 e. The van der Waals surface area contributed by atoms with Crippen molar-refractivity contribution in [2.75, 3.05) is 0 Å². The molecule has 1 heterocycles. The second-order valence-electron chi connectivity index (χ2n) is 5.15. The highest BCUT2D eigenvalue weighted by molar-refractivity contribution is 9.10. The van der Waals surface area contributed by atoms with E-state index in [9.17, 15) is 4.79 Å². The molecule has 5 nitrogen and oxygen atoms in total. The normalized spacial score (nSPS) is 10.9. The molecule has 1 amide bonds. The van der Waals surface area contributed by atoms with Crippen molar-refractivity contribution in [2.24, 2.45) is 5.10 Å². The monoisotopic (exact) mass is 382 g/mol. The van der Waals surface area contributed by atoms with Gasteiger partial charge in [-0.2, -0.15) is 10.2 Å². The van der Waals surface area contributed by atoms with Gasteiger partial charge in [-0.1, -0.05) is 46.3 Å². The molecular weight excluding hydrogens is 368 g/mol. The summed E-state index contributed by atoms with van der Waals surface area (Å²) in [5.41, 5.74) is 5.95. The number of aromatic nitrogens is 2. The third-order valence-corrected chi connectivity index (χ3v) is 3.84. The van der Waals surface area contributed by atoms with Gasteiger partial charge in [0.1, 0.15) is 5.69 Å². The second-order valence-corrected chi connectivity index (χ2v) is 6.06. The van der Waals surface area contributed by atoms with E-state index in [1.54, 1.807) is 10.9 Å². The zero-order valence-electron chi connectivity index (χ0n) is 13.0. The summed E-state index contributed by atoms with van der Waals surface area (Å²) in [4.78, 5) is 11.0. The summed E-state index contributed by atoms with van der Waals surface area (Å²) in [5.74, 6) is -0.216. The lowest BCUT2D eigenvalue weighted by atomic mass is 10.1. The van der Waals surface area contributed by atoms with Gasteiger partial charge < -0.3 is 0 Å². The fraction of sp³-hybridized carbons (Fsp3) is 0.0556. The largest absolute Gasteiger partial charge is 0.274 e. The van der Waals surface area contributed by atoms with E-state index in [1.165, 1.54) is 6.92 Å². The molecule has 0 saturated carbocycles. The van der Waals surface area contributed by atoms with Crippen LogP contribution in [0.25, 0.3) is 16.9 Å². The minimum absolute atomic E-state index is 0.216. The number of rotatable bonds is 4. The zero-order valence-corrected chi connectivity index (χ0v) is 14.6. The third kappa shape index (κ3) is 3.78. The van der Waals surface area contributed by atoms with Crippen LogP contribution in [0.15, 0.2) is 70.4 Å². The molecule has 0 spiro atoms. The highest BCUT2D eigenvalue weighted by Crippen LogP contribution is 2.24. The second kappa shape index (κ2) is 7.23. The molecule has 0 unspecified atom stereocenters. The van der Waals surface area contributed by atoms with E-state index in [4.69, 9.17) is 0 Å². The molecule has 0 saturated heterocycles. The molecule has 1 N–H and O–H groups in total. The molecule has 0 aliphatic rings. The first-order chi connectivity index (χ1) is 11.6. The van der Waals surface area contributed by atoms with Gasteiger partial charge in [-0.3, -0.25) is 4.79 Å². The number of hydrogen-bond donors (Lipinski definition) is 1. The molecule has 120 valence electrons. The average Bonchev–Trinajstić information content (AvgIpc) is 3.00. The maximum atomic E-state index is 11.0. The van der Waals surface area contributed by atoms with Crippen LogP contribution in [0.1, 0.15) is 12.5 Å². The van der Waals surface area contributed by atoms with Crippen LogP contribution in [0.4, 0.5) is 0 Å². The van der Waals surface area contributed by atoms with Crippen LogP contribution >= 0.6 is 15.9 Å². The average molecular weight is 383 g/mol. The number of benzene rings is 2. The van der Waals surface area contributed by atoms with Crippen LogP contribution < -0.4 is 5.43 Å². The molecule has 0 atom stereocenters. The summed E-state index contributed by atoms with van der Waals surface area (Å²) < 4.78 is 2.80. The fourth-order valence-electron chi connectivity index (χ4n) is 2.22. The number of hydrogen-bond acceptors (Lipinski definition) is 3. The van der Waals surface area contributed by atoms with Crippen molar-refractivity contribution in [2.45, 2.75) is 6.92 Å². The highest BCUT2D eigenvalue weighted by atomic mass is 79.9. The number of carbonyl (C=O) groups excluding carboxylic acids is 1. The molecule has 1 aromatic heterocycles. The molecular formula is C18H15BrN4O. The van der Waals surface area contributed by atoms with Gasteiger partial charge in [0.15, 0.2) is 0 Å². The number of para-hydroxylation sites is 1. The van der Waals surface area contributed by atoms with E-state index >= 15 is 0 Å². The SMILES string of the molecule is CC(=O)N/N=C\c1cn(-c2ccccc2)nc1-c1ccc(Br)cc1. The molecule has 2 aromatic carbocycles. The quantitative estimate of drug-likeness (QED) is 0.551. The predicted molar refractivity (Wildman–Crippen MR) is 98.1 cm³/mol. The number of nitrogens with zero attached hydrogens (tertiary/aromatic N) is 3. The Kier molecular flexibility index (Phi) is 4.86. The molecule has 6 heteroatoms. The lowest BCUT2D eigenvalue weighted by Gasteiger charge is -2.00. The lowest BCUT2D eigenvalue weighted by molar-refractivity contribution is -0.118. The first-order valence-corrected chi connectivity index (χ1v) is 8.13. The molecule has 3 rings (SSSR count). The van der Waals surface area contributed by atoms with Crippen LogP contribution in [0.2, 0.25) is 0 Å². The molecule has 0 radical (unpaired) electrons. The van der Waals surface area contributed by atoms with Crippen molar-refractivity contribution >= 4 is 28.1 Å². The Morgan fingerprint density at radius 1 is 1.17 bits per heavy atom. The van der Waals surface area contributed by atoms with E-state index in [-0.39, 0.29) is 5.91 Å². The number of carbonyl (C=O) groups is 1. The van der Waals surface area contributed by atoms with Gasteiger partial charge in [0.2, 0.25) is 5.91 Å². The maximum absolute atomic E-state index is 11.0. The molecule has 0 bridgehead atoms. The van der Waals surface area contributed by atoms with Gasteiger partial charge in [0, 0.05) is 28.7 Å². The highest BCUT2D eigenvalue weighted by Gasteiger charge is 2.11. The van der Waals surface area contributed by atoms with Gasteiger partial charge in [-0.25, -0.2) is 10.1 Å². The van der Waals surface area contributed by atoms with Crippen LogP contribution in [-0.4, -0.2) is 21.9 Å². The van der Waals surface area contributed by atoms with Gasteiger partial charge in [-0.15, -0.1) is 0 Å².